The molecule has 8 heteroatoms. The molecule has 2 aromatic heterocycles. The molecule has 0 atom stereocenters. The van der Waals surface area contributed by atoms with E-state index in [0.717, 1.165) is 38.5 Å². The summed E-state index contributed by atoms with van der Waals surface area (Å²) in [6, 6.07) is 1.15. The Bertz CT molecular complexity index is 939. The number of rotatable bonds is 6. The summed E-state index contributed by atoms with van der Waals surface area (Å²) < 4.78 is 8.58. The molecule has 2 heterocycles. The SMILES string of the molecule is CC1(C)C=C(c2nc(Br)cs2)C=c2nnn(COCC[Si](C)(C)C)c2=C1. The molecule has 0 aliphatic heterocycles. The molecule has 0 fully saturated rings. The molecule has 0 saturated carbocycles. The van der Waals surface area contributed by atoms with Gasteiger partial charge in [-0.05, 0) is 34.1 Å². The first kappa shape index (κ1) is 19.7. The van der Waals surface area contributed by atoms with Crippen molar-refractivity contribution in [2.45, 2.75) is 46.3 Å². The van der Waals surface area contributed by atoms with Crippen molar-refractivity contribution >= 4 is 53.1 Å². The van der Waals surface area contributed by atoms with Gasteiger partial charge in [-0.2, -0.15) is 0 Å². The van der Waals surface area contributed by atoms with Crippen LogP contribution in [0.3, 0.4) is 0 Å². The predicted octanol–water partition coefficient (Wildman–Crippen LogP) is 3.49. The largest absolute Gasteiger partial charge is 0.359 e. The second-order valence-corrected chi connectivity index (χ2v) is 15.7. The molecule has 0 radical (unpaired) electrons. The van der Waals surface area contributed by atoms with Crippen molar-refractivity contribution in [1.29, 1.82) is 0 Å². The van der Waals surface area contributed by atoms with Crippen LogP contribution in [0.1, 0.15) is 18.9 Å². The highest BCUT2D eigenvalue weighted by atomic mass is 79.9. The zero-order valence-electron chi connectivity index (χ0n) is 15.9. The molecule has 2 aromatic rings. The summed E-state index contributed by atoms with van der Waals surface area (Å²) >= 11 is 5.06. The summed E-state index contributed by atoms with van der Waals surface area (Å²) in [5, 5.41) is 13.5. The van der Waals surface area contributed by atoms with Gasteiger partial charge in [0.1, 0.15) is 21.7 Å². The highest BCUT2D eigenvalue weighted by Gasteiger charge is 2.19. The van der Waals surface area contributed by atoms with Crippen LogP contribution in [0.5, 0.6) is 0 Å². The normalized spacial score (nSPS) is 16.3. The number of allylic oxidation sites excluding steroid dienone is 2. The minimum absolute atomic E-state index is 0.132. The van der Waals surface area contributed by atoms with Crippen molar-refractivity contribution in [2.24, 2.45) is 5.41 Å². The molecule has 0 bridgehead atoms. The van der Waals surface area contributed by atoms with Gasteiger partial charge in [-0.3, -0.25) is 0 Å². The van der Waals surface area contributed by atoms with Crippen molar-refractivity contribution in [3.05, 3.63) is 31.8 Å². The summed E-state index contributed by atoms with van der Waals surface area (Å²) in [7, 11) is -1.09. The average Bonchev–Trinajstić information content (AvgIpc) is 3.06. The minimum atomic E-state index is -1.09. The quantitative estimate of drug-likeness (QED) is 0.496. The van der Waals surface area contributed by atoms with Crippen LogP contribution in [0.25, 0.3) is 17.7 Å². The Morgan fingerprint density at radius 3 is 2.69 bits per heavy atom. The number of fused-ring (bicyclic) bond motifs is 1. The number of thiazole rings is 1. The molecule has 0 saturated heterocycles. The van der Waals surface area contributed by atoms with Crippen LogP contribution < -0.4 is 10.7 Å². The zero-order chi connectivity index (χ0) is 18.9. The first-order chi connectivity index (χ1) is 12.1. The maximum Gasteiger partial charge on any atom is 0.141 e. The zero-order valence-corrected chi connectivity index (χ0v) is 19.3. The second kappa shape index (κ2) is 7.50. The molecule has 0 spiro atoms. The van der Waals surface area contributed by atoms with Crippen LogP contribution in [-0.4, -0.2) is 34.7 Å². The third-order valence-corrected chi connectivity index (χ3v) is 7.37. The Morgan fingerprint density at radius 1 is 1.27 bits per heavy atom. The first-order valence-corrected chi connectivity index (χ1v) is 14.1. The third kappa shape index (κ3) is 5.00. The van der Waals surface area contributed by atoms with Gasteiger partial charge in [0.2, 0.25) is 0 Å². The Balaban J connectivity index is 1.88. The van der Waals surface area contributed by atoms with E-state index in [1.54, 1.807) is 11.3 Å². The molecule has 1 aliphatic carbocycles. The number of hydrogen-bond donors (Lipinski definition) is 0. The van der Waals surface area contributed by atoms with Gasteiger partial charge >= 0.3 is 0 Å². The molecule has 0 N–H and O–H groups in total. The van der Waals surface area contributed by atoms with Gasteiger partial charge in [0.15, 0.2) is 0 Å². The monoisotopic (exact) mass is 452 g/mol. The van der Waals surface area contributed by atoms with E-state index >= 15 is 0 Å². The molecular weight excluding hydrogens is 428 g/mol. The minimum Gasteiger partial charge on any atom is -0.359 e. The third-order valence-electron chi connectivity index (χ3n) is 4.06. The van der Waals surface area contributed by atoms with Gasteiger partial charge < -0.3 is 4.74 Å². The van der Waals surface area contributed by atoms with Crippen molar-refractivity contribution < 1.29 is 4.74 Å². The van der Waals surface area contributed by atoms with Crippen LogP contribution in [0.2, 0.25) is 25.7 Å². The molecule has 0 amide bonds. The van der Waals surface area contributed by atoms with Gasteiger partial charge in [0, 0.05) is 31.0 Å². The van der Waals surface area contributed by atoms with Crippen molar-refractivity contribution in [1.82, 2.24) is 20.0 Å². The lowest BCUT2D eigenvalue weighted by atomic mass is 9.91. The van der Waals surface area contributed by atoms with E-state index < -0.39 is 8.07 Å². The van der Waals surface area contributed by atoms with Crippen LogP contribution in [-0.2, 0) is 11.5 Å². The van der Waals surface area contributed by atoms with E-state index in [4.69, 9.17) is 4.74 Å². The molecule has 0 unspecified atom stereocenters. The molecular formula is C18H25BrN4OSSi. The van der Waals surface area contributed by atoms with Crippen LogP contribution in [0, 0.1) is 5.41 Å². The maximum absolute atomic E-state index is 5.87. The number of halogens is 1. The van der Waals surface area contributed by atoms with Crippen molar-refractivity contribution in [3.63, 3.8) is 0 Å². The molecule has 1 aliphatic rings. The molecule has 0 aromatic carbocycles. The van der Waals surface area contributed by atoms with Gasteiger partial charge in [-0.25, -0.2) is 9.67 Å². The molecule has 5 nitrogen and oxygen atoms in total. The lowest BCUT2D eigenvalue weighted by Crippen LogP contribution is -2.32. The fraction of sp³-hybridized carbons (Fsp3) is 0.500. The Kier molecular flexibility index (Phi) is 5.67. The lowest BCUT2D eigenvalue weighted by Gasteiger charge is -2.16. The Morgan fingerprint density at radius 2 is 2.04 bits per heavy atom. The fourth-order valence-corrected chi connectivity index (χ4v) is 4.70. The predicted molar refractivity (Wildman–Crippen MR) is 114 cm³/mol. The summed E-state index contributed by atoms with van der Waals surface area (Å²) in [4.78, 5) is 4.55. The van der Waals surface area contributed by atoms with Gasteiger partial charge in [0.25, 0.3) is 0 Å². The Labute approximate surface area is 167 Å². The van der Waals surface area contributed by atoms with Crippen molar-refractivity contribution in [3.8, 4) is 0 Å². The van der Waals surface area contributed by atoms with E-state index in [9.17, 15) is 0 Å². The summed E-state index contributed by atoms with van der Waals surface area (Å²) in [5.74, 6) is 0. The van der Waals surface area contributed by atoms with Crippen LogP contribution in [0.4, 0.5) is 0 Å². The average molecular weight is 453 g/mol. The number of aromatic nitrogens is 4. The van der Waals surface area contributed by atoms with Gasteiger partial charge in [0.05, 0.1) is 5.35 Å². The van der Waals surface area contributed by atoms with E-state index in [-0.39, 0.29) is 5.41 Å². The van der Waals surface area contributed by atoms with E-state index in [0.29, 0.717) is 6.73 Å². The molecule has 140 valence electrons. The lowest BCUT2D eigenvalue weighted by molar-refractivity contribution is 0.0751. The second-order valence-electron chi connectivity index (χ2n) is 8.39. The van der Waals surface area contributed by atoms with E-state index in [2.05, 4.69) is 82.9 Å². The molecule has 26 heavy (non-hydrogen) atoms. The van der Waals surface area contributed by atoms with Gasteiger partial charge in [-0.1, -0.05) is 44.8 Å². The van der Waals surface area contributed by atoms with Crippen LogP contribution >= 0.6 is 27.3 Å². The summed E-state index contributed by atoms with van der Waals surface area (Å²) in [5.41, 5.74) is 0.944. The van der Waals surface area contributed by atoms with E-state index in [1.807, 2.05) is 10.1 Å². The summed E-state index contributed by atoms with van der Waals surface area (Å²) in [6.45, 7) is 12.6. The van der Waals surface area contributed by atoms with Gasteiger partial charge in [-0.15, -0.1) is 16.4 Å². The standard InChI is InChI=1S/C18H25BrN4OSSi/c1-18(2)9-13(17-20-16(19)11-25-17)8-14-15(10-18)23(22-21-14)12-24-6-7-26(3,4)5/h8-11H,6-7,12H2,1-5H3. The fourth-order valence-electron chi connectivity index (χ4n) is 2.70. The van der Waals surface area contributed by atoms with Crippen LogP contribution in [0.15, 0.2) is 16.1 Å². The Hall–Kier alpha value is -1.09. The van der Waals surface area contributed by atoms with Crippen molar-refractivity contribution in [2.75, 3.05) is 6.61 Å². The first-order valence-electron chi connectivity index (χ1n) is 8.69. The smallest absolute Gasteiger partial charge is 0.141 e. The number of hydrogen-bond acceptors (Lipinski definition) is 5. The highest BCUT2D eigenvalue weighted by molar-refractivity contribution is 9.10. The number of ether oxygens (including phenoxy) is 1. The summed E-state index contributed by atoms with van der Waals surface area (Å²) in [6.07, 6.45) is 6.50. The highest BCUT2D eigenvalue weighted by Crippen LogP contribution is 2.30. The maximum atomic E-state index is 5.87. The topological polar surface area (TPSA) is 52.8 Å². The molecule has 3 rings (SSSR count). The van der Waals surface area contributed by atoms with E-state index in [1.165, 1.54) is 0 Å². The number of nitrogens with zero attached hydrogens (tertiary/aromatic N) is 4.